The molecule has 1 saturated heterocycles. The van der Waals surface area contributed by atoms with Gasteiger partial charge in [-0.25, -0.2) is 0 Å². The van der Waals surface area contributed by atoms with Crippen molar-refractivity contribution in [2.75, 3.05) is 19.6 Å². The summed E-state index contributed by atoms with van der Waals surface area (Å²) in [6, 6.07) is 10.9. The van der Waals surface area contributed by atoms with E-state index in [9.17, 15) is 4.79 Å². The summed E-state index contributed by atoms with van der Waals surface area (Å²) in [5.74, 6) is 0.461. The lowest BCUT2D eigenvalue weighted by atomic mass is 10.0. The van der Waals surface area contributed by atoms with E-state index in [1.807, 2.05) is 6.08 Å². The van der Waals surface area contributed by atoms with Gasteiger partial charge in [-0.05, 0) is 43.4 Å². The Kier molecular flexibility index (Phi) is 6.66. The Morgan fingerprint density at radius 2 is 2.14 bits per heavy atom. The molecule has 1 N–H and O–H groups in total. The van der Waals surface area contributed by atoms with E-state index >= 15 is 0 Å². The second-order valence-corrected chi connectivity index (χ2v) is 6.49. The summed E-state index contributed by atoms with van der Waals surface area (Å²) in [5.41, 5.74) is 1.38. The summed E-state index contributed by atoms with van der Waals surface area (Å²) in [6.07, 6.45) is 6.95. The molecular weight excluding hydrogens is 272 g/mol. The second kappa shape index (κ2) is 8.74. The third-order valence-corrected chi connectivity index (χ3v) is 4.04. The highest BCUT2D eigenvalue weighted by Crippen LogP contribution is 2.11. The van der Waals surface area contributed by atoms with Crippen LogP contribution in [0.1, 0.15) is 32.3 Å². The molecule has 0 saturated carbocycles. The SMILES string of the molecule is CC(C)C=CC(=O)NC1CCCN(CCc2ccccc2)C1. The van der Waals surface area contributed by atoms with Crippen LogP contribution >= 0.6 is 0 Å². The fourth-order valence-electron chi connectivity index (χ4n) is 2.84. The molecule has 1 aromatic carbocycles. The minimum absolute atomic E-state index is 0.0450. The van der Waals surface area contributed by atoms with E-state index in [0.717, 1.165) is 38.9 Å². The van der Waals surface area contributed by atoms with Gasteiger partial charge in [0.1, 0.15) is 0 Å². The summed E-state index contributed by atoms with van der Waals surface area (Å²) in [5, 5.41) is 3.13. The Morgan fingerprint density at radius 1 is 1.36 bits per heavy atom. The molecular formula is C19H28N2O. The molecule has 2 rings (SSSR count). The summed E-state index contributed by atoms with van der Waals surface area (Å²) in [7, 11) is 0. The van der Waals surface area contributed by atoms with E-state index in [2.05, 4.69) is 54.4 Å². The van der Waals surface area contributed by atoms with Crippen LogP contribution in [-0.2, 0) is 11.2 Å². The number of likely N-dealkylation sites (tertiary alicyclic amines) is 1. The van der Waals surface area contributed by atoms with Crippen LogP contribution in [0, 0.1) is 5.92 Å². The monoisotopic (exact) mass is 300 g/mol. The molecule has 1 aliphatic rings. The molecule has 0 aromatic heterocycles. The van der Waals surface area contributed by atoms with Gasteiger partial charge in [-0.1, -0.05) is 50.3 Å². The molecule has 0 bridgehead atoms. The number of nitrogens with one attached hydrogen (secondary N) is 1. The van der Waals surface area contributed by atoms with E-state index in [1.54, 1.807) is 6.08 Å². The molecule has 0 aliphatic carbocycles. The minimum atomic E-state index is 0.0450. The quantitative estimate of drug-likeness (QED) is 0.819. The molecule has 0 spiro atoms. The maximum atomic E-state index is 11.9. The molecule has 1 heterocycles. The molecule has 3 heteroatoms. The molecule has 1 aromatic rings. The van der Waals surface area contributed by atoms with Gasteiger partial charge >= 0.3 is 0 Å². The van der Waals surface area contributed by atoms with E-state index in [1.165, 1.54) is 5.56 Å². The van der Waals surface area contributed by atoms with E-state index in [-0.39, 0.29) is 11.9 Å². The van der Waals surface area contributed by atoms with Gasteiger partial charge < -0.3 is 10.2 Å². The van der Waals surface area contributed by atoms with Crippen molar-refractivity contribution >= 4 is 5.91 Å². The summed E-state index contributed by atoms with van der Waals surface area (Å²) in [4.78, 5) is 14.4. The number of piperidine rings is 1. The number of nitrogens with zero attached hydrogens (tertiary/aromatic N) is 1. The Balaban J connectivity index is 1.75. The van der Waals surface area contributed by atoms with Crippen molar-refractivity contribution in [1.82, 2.24) is 10.2 Å². The predicted molar refractivity (Wildman–Crippen MR) is 91.7 cm³/mol. The maximum Gasteiger partial charge on any atom is 0.243 e. The molecule has 1 atom stereocenters. The highest BCUT2D eigenvalue weighted by atomic mass is 16.1. The number of rotatable bonds is 6. The van der Waals surface area contributed by atoms with Crippen molar-refractivity contribution in [1.29, 1.82) is 0 Å². The van der Waals surface area contributed by atoms with Crippen LogP contribution < -0.4 is 5.32 Å². The molecule has 1 fully saturated rings. The number of allylic oxidation sites excluding steroid dienone is 1. The standard InChI is InChI=1S/C19H28N2O/c1-16(2)10-11-19(22)20-18-9-6-13-21(15-18)14-12-17-7-4-3-5-8-17/h3-5,7-8,10-11,16,18H,6,9,12-15H2,1-2H3,(H,20,22). The number of carbonyl (C=O) groups excluding carboxylic acids is 1. The van der Waals surface area contributed by atoms with Crippen LogP contribution in [0.4, 0.5) is 0 Å². The van der Waals surface area contributed by atoms with Gasteiger partial charge in [-0.3, -0.25) is 4.79 Å². The predicted octanol–water partition coefficient (Wildman–Crippen LogP) is 3.02. The zero-order valence-electron chi connectivity index (χ0n) is 13.8. The topological polar surface area (TPSA) is 32.3 Å². The molecule has 1 aliphatic heterocycles. The lowest BCUT2D eigenvalue weighted by Crippen LogP contribution is -2.47. The average Bonchev–Trinajstić information content (AvgIpc) is 2.52. The summed E-state index contributed by atoms with van der Waals surface area (Å²) >= 11 is 0. The number of hydrogen-bond acceptors (Lipinski definition) is 2. The van der Waals surface area contributed by atoms with Gasteiger partial charge in [0, 0.05) is 19.1 Å². The smallest absolute Gasteiger partial charge is 0.243 e. The van der Waals surface area contributed by atoms with E-state index < -0.39 is 0 Å². The lowest BCUT2D eigenvalue weighted by Gasteiger charge is -2.33. The third-order valence-electron chi connectivity index (χ3n) is 4.04. The Hall–Kier alpha value is -1.61. The van der Waals surface area contributed by atoms with Crippen molar-refractivity contribution in [2.45, 2.75) is 39.2 Å². The van der Waals surface area contributed by atoms with Crippen molar-refractivity contribution in [3.8, 4) is 0 Å². The first-order valence-electron chi connectivity index (χ1n) is 8.38. The highest BCUT2D eigenvalue weighted by Gasteiger charge is 2.20. The van der Waals surface area contributed by atoms with Crippen molar-refractivity contribution in [3.63, 3.8) is 0 Å². The fourth-order valence-corrected chi connectivity index (χ4v) is 2.84. The van der Waals surface area contributed by atoms with Gasteiger partial charge in [0.05, 0.1) is 0 Å². The van der Waals surface area contributed by atoms with E-state index in [4.69, 9.17) is 0 Å². The van der Waals surface area contributed by atoms with Crippen LogP contribution in [0.5, 0.6) is 0 Å². The first-order valence-corrected chi connectivity index (χ1v) is 8.38. The highest BCUT2D eigenvalue weighted by molar-refractivity contribution is 5.87. The zero-order chi connectivity index (χ0) is 15.8. The number of amides is 1. The number of carbonyl (C=O) groups is 1. The fraction of sp³-hybridized carbons (Fsp3) is 0.526. The van der Waals surface area contributed by atoms with Crippen molar-refractivity contribution < 1.29 is 4.79 Å². The first kappa shape index (κ1) is 16.8. The lowest BCUT2D eigenvalue weighted by molar-refractivity contribution is -0.117. The molecule has 22 heavy (non-hydrogen) atoms. The Morgan fingerprint density at radius 3 is 2.86 bits per heavy atom. The van der Waals surface area contributed by atoms with Gasteiger partial charge in [-0.2, -0.15) is 0 Å². The average molecular weight is 300 g/mol. The van der Waals surface area contributed by atoms with Crippen LogP contribution in [0.25, 0.3) is 0 Å². The Bertz CT molecular complexity index is 481. The normalized spacial score (nSPS) is 19.7. The van der Waals surface area contributed by atoms with Gasteiger partial charge in [0.25, 0.3) is 0 Å². The van der Waals surface area contributed by atoms with Gasteiger partial charge in [-0.15, -0.1) is 0 Å². The Labute approximate surface area is 134 Å². The minimum Gasteiger partial charge on any atom is -0.349 e. The van der Waals surface area contributed by atoms with Crippen molar-refractivity contribution in [2.24, 2.45) is 5.92 Å². The summed E-state index contributed by atoms with van der Waals surface area (Å²) < 4.78 is 0. The van der Waals surface area contributed by atoms with Gasteiger partial charge in [0.15, 0.2) is 0 Å². The van der Waals surface area contributed by atoms with Crippen LogP contribution in [0.2, 0.25) is 0 Å². The van der Waals surface area contributed by atoms with E-state index in [0.29, 0.717) is 5.92 Å². The first-order chi connectivity index (χ1) is 10.6. The number of benzene rings is 1. The zero-order valence-corrected chi connectivity index (χ0v) is 13.8. The molecule has 1 unspecified atom stereocenters. The van der Waals surface area contributed by atoms with Crippen LogP contribution in [0.15, 0.2) is 42.5 Å². The molecule has 120 valence electrons. The van der Waals surface area contributed by atoms with Crippen LogP contribution in [-0.4, -0.2) is 36.5 Å². The maximum absolute atomic E-state index is 11.9. The second-order valence-electron chi connectivity index (χ2n) is 6.49. The molecule has 0 radical (unpaired) electrons. The van der Waals surface area contributed by atoms with Crippen LogP contribution in [0.3, 0.4) is 0 Å². The van der Waals surface area contributed by atoms with Gasteiger partial charge in [0.2, 0.25) is 5.91 Å². The number of hydrogen-bond donors (Lipinski definition) is 1. The molecule has 1 amide bonds. The summed E-state index contributed by atoms with van der Waals surface area (Å²) in [6.45, 7) is 7.33. The van der Waals surface area contributed by atoms with Crippen molar-refractivity contribution in [3.05, 3.63) is 48.0 Å². The molecule has 3 nitrogen and oxygen atoms in total. The third kappa shape index (κ3) is 6.02. The largest absolute Gasteiger partial charge is 0.349 e.